The Bertz CT molecular complexity index is 412. The van der Waals surface area contributed by atoms with Crippen molar-refractivity contribution in [2.45, 2.75) is 45.6 Å². The molecule has 0 aromatic carbocycles. The van der Waals surface area contributed by atoms with E-state index in [0.717, 1.165) is 0 Å². The van der Waals surface area contributed by atoms with Crippen LogP contribution in [0.1, 0.15) is 27.2 Å². The number of hydrogen-bond donors (Lipinski definition) is 1. The summed E-state index contributed by atoms with van der Waals surface area (Å²) in [5.41, 5.74) is 0.419. The number of aliphatic hydroxyl groups is 1. The predicted octanol–water partition coefficient (Wildman–Crippen LogP) is 0.790. The molecule has 1 aliphatic heterocycles. The van der Waals surface area contributed by atoms with Crippen molar-refractivity contribution in [3.05, 3.63) is 11.8 Å². The fraction of sp³-hybridized carbons (Fsp3) is 0.714. The minimum Gasteiger partial charge on any atom is -0.394 e. The molecule has 1 heterocycles. The predicted molar refractivity (Wildman–Crippen MR) is 73.0 cm³/mol. The first-order chi connectivity index (χ1) is 9.90. The summed E-state index contributed by atoms with van der Waals surface area (Å²) >= 11 is 0. The summed E-state index contributed by atoms with van der Waals surface area (Å²) in [6, 6.07) is 0. The number of aliphatic hydroxyl groups excluding tert-OH is 1. The molecule has 1 aliphatic rings. The van der Waals surface area contributed by atoms with Crippen LogP contribution in [0.3, 0.4) is 0 Å². The molecule has 0 aromatic heterocycles. The van der Waals surface area contributed by atoms with Crippen LogP contribution >= 0.6 is 0 Å². The number of alkyl halides is 1. The molecule has 0 radical (unpaired) electrons. The highest BCUT2D eigenvalue weighted by molar-refractivity contribution is 5.93. The lowest BCUT2D eigenvalue weighted by Gasteiger charge is -2.24. The van der Waals surface area contributed by atoms with E-state index in [-0.39, 0.29) is 24.9 Å². The molecule has 0 saturated carbocycles. The average molecular weight is 303 g/mol. The molecule has 21 heavy (non-hydrogen) atoms. The van der Waals surface area contributed by atoms with E-state index in [1.165, 1.54) is 24.9 Å². The molecule has 6 nitrogen and oxygen atoms in total. The summed E-state index contributed by atoms with van der Waals surface area (Å²) in [6.45, 7) is 3.38. The summed E-state index contributed by atoms with van der Waals surface area (Å²) in [6.07, 6.45) is 0.00461. The van der Waals surface area contributed by atoms with Gasteiger partial charge in [-0.15, -0.1) is 0 Å². The molecule has 0 bridgehead atoms. The van der Waals surface area contributed by atoms with Crippen molar-refractivity contribution in [1.82, 2.24) is 4.90 Å². The lowest BCUT2D eigenvalue weighted by atomic mass is 10.1. The Morgan fingerprint density at radius 2 is 2.10 bits per heavy atom. The van der Waals surface area contributed by atoms with Crippen molar-refractivity contribution in [2.24, 2.45) is 0 Å². The van der Waals surface area contributed by atoms with E-state index in [0.29, 0.717) is 12.0 Å². The molecule has 1 amide bonds. The summed E-state index contributed by atoms with van der Waals surface area (Å²) in [4.78, 5) is 24.3. The molecule has 0 spiro atoms. The van der Waals surface area contributed by atoms with Crippen LogP contribution in [0, 0.1) is 0 Å². The van der Waals surface area contributed by atoms with Gasteiger partial charge >= 0.3 is 0 Å². The molecule has 120 valence electrons. The number of allylic oxidation sites excluding steroid dienone is 1. The van der Waals surface area contributed by atoms with E-state index in [1.54, 1.807) is 6.92 Å². The SMILES string of the molecule is CC(=O)/C(C)=C\N(C(C)=O)C1CC(OCCF)C(CO)O1. The molecule has 1 fully saturated rings. The lowest BCUT2D eigenvalue weighted by molar-refractivity contribution is -0.139. The van der Waals surface area contributed by atoms with E-state index in [1.807, 2.05) is 0 Å². The maximum atomic E-state index is 12.2. The van der Waals surface area contributed by atoms with Gasteiger partial charge in [0, 0.05) is 25.1 Å². The summed E-state index contributed by atoms with van der Waals surface area (Å²) in [5, 5.41) is 9.27. The fourth-order valence-corrected chi connectivity index (χ4v) is 2.08. The third-order valence-electron chi connectivity index (χ3n) is 3.33. The molecule has 1 rings (SSSR count). The van der Waals surface area contributed by atoms with Gasteiger partial charge in [-0.2, -0.15) is 0 Å². The van der Waals surface area contributed by atoms with Gasteiger partial charge in [-0.25, -0.2) is 4.39 Å². The first-order valence-corrected chi connectivity index (χ1v) is 6.82. The Kier molecular flexibility index (Phi) is 6.94. The first kappa shape index (κ1) is 17.7. The maximum Gasteiger partial charge on any atom is 0.225 e. The van der Waals surface area contributed by atoms with Crippen molar-refractivity contribution in [2.75, 3.05) is 19.9 Å². The minimum atomic E-state index is -0.640. The monoisotopic (exact) mass is 303 g/mol. The second-order valence-electron chi connectivity index (χ2n) is 4.94. The smallest absolute Gasteiger partial charge is 0.225 e. The van der Waals surface area contributed by atoms with Crippen molar-refractivity contribution < 1.29 is 28.6 Å². The zero-order valence-electron chi connectivity index (χ0n) is 12.5. The Morgan fingerprint density at radius 1 is 1.43 bits per heavy atom. The molecule has 0 aromatic rings. The summed E-state index contributed by atoms with van der Waals surface area (Å²) in [7, 11) is 0. The first-order valence-electron chi connectivity index (χ1n) is 6.82. The number of rotatable bonds is 7. The van der Waals surface area contributed by atoms with Gasteiger partial charge in [0.15, 0.2) is 5.78 Å². The number of halogens is 1. The third-order valence-corrected chi connectivity index (χ3v) is 3.33. The topological polar surface area (TPSA) is 76.1 Å². The van der Waals surface area contributed by atoms with Gasteiger partial charge in [0.25, 0.3) is 0 Å². The molecule has 1 N–H and O–H groups in total. The minimum absolute atomic E-state index is 0.0837. The van der Waals surface area contributed by atoms with E-state index in [2.05, 4.69) is 0 Å². The number of ketones is 1. The molecular weight excluding hydrogens is 281 g/mol. The van der Waals surface area contributed by atoms with Crippen molar-refractivity contribution in [1.29, 1.82) is 0 Å². The Hall–Kier alpha value is -1.31. The standard InChI is InChI=1S/C14H22FNO5/c1-9(10(2)18)7-16(11(3)19)14-6-12(20-5-4-15)13(8-17)21-14/h7,12-14,17H,4-6,8H2,1-3H3/b9-7-. The van der Waals surface area contributed by atoms with Crippen LogP contribution in [0.2, 0.25) is 0 Å². The molecular formula is C14H22FNO5. The van der Waals surface area contributed by atoms with E-state index < -0.39 is 25.1 Å². The second kappa shape index (κ2) is 8.21. The number of Topliss-reactive ketones (excluding diaryl/α,β-unsaturated/α-hetero) is 1. The van der Waals surface area contributed by atoms with Gasteiger partial charge in [0.05, 0.1) is 19.3 Å². The zero-order valence-corrected chi connectivity index (χ0v) is 12.5. The lowest BCUT2D eigenvalue weighted by Crippen LogP contribution is -2.35. The van der Waals surface area contributed by atoms with Crippen LogP contribution in [-0.2, 0) is 19.1 Å². The number of nitrogens with zero attached hydrogens (tertiary/aromatic N) is 1. The van der Waals surface area contributed by atoms with Gasteiger partial charge in [-0.3, -0.25) is 14.5 Å². The number of hydrogen-bond acceptors (Lipinski definition) is 5. The van der Waals surface area contributed by atoms with E-state index in [9.17, 15) is 19.1 Å². The van der Waals surface area contributed by atoms with Crippen LogP contribution in [0.25, 0.3) is 0 Å². The molecule has 0 aliphatic carbocycles. The molecule has 3 atom stereocenters. The van der Waals surface area contributed by atoms with Gasteiger partial charge in [-0.05, 0) is 13.8 Å². The van der Waals surface area contributed by atoms with Crippen molar-refractivity contribution in [3.63, 3.8) is 0 Å². The second-order valence-corrected chi connectivity index (χ2v) is 4.94. The third kappa shape index (κ3) is 4.87. The van der Waals surface area contributed by atoms with Gasteiger partial charge in [-0.1, -0.05) is 0 Å². The average Bonchev–Trinajstić information content (AvgIpc) is 2.84. The van der Waals surface area contributed by atoms with Gasteiger partial charge in [0.2, 0.25) is 5.91 Å². The van der Waals surface area contributed by atoms with E-state index >= 15 is 0 Å². The quantitative estimate of drug-likeness (QED) is 0.704. The van der Waals surface area contributed by atoms with Crippen molar-refractivity contribution in [3.8, 4) is 0 Å². The van der Waals surface area contributed by atoms with Crippen LogP contribution in [-0.4, -0.2) is 60.0 Å². The Balaban J connectivity index is 2.83. The normalized spacial score (nSPS) is 26.0. The molecule has 7 heteroatoms. The molecule has 3 unspecified atom stereocenters. The highest BCUT2D eigenvalue weighted by Gasteiger charge is 2.39. The van der Waals surface area contributed by atoms with Crippen molar-refractivity contribution >= 4 is 11.7 Å². The fourth-order valence-electron chi connectivity index (χ4n) is 2.08. The number of carbonyl (C=O) groups is 2. The Morgan fingerprint density at radius 3 is 2.57 bits per heavy atom. The van der Waals surface area contributed by atoms with Gasteiger partial charge in [0.1, 0.15) is 19.0 Å². The van der Waals surface area contributed by atoms with Crippen LogP contribution in [0.4, 0.5) is 4.39 Å². The Labute approximate surface area is 123 Å². The van der Waals surface area contributed by atoms with Crippen LogP contribution in [0.15, 0.2) is 11.8 Å². The largest absolute Gasteiger partial charge is 0.394 e. The van der Waals surface area contributed by atoms with E-state index in [4.69, 9.17) is 9.47 Å². The number of amides is 1. The van der Waals surface area contributed by atoms with Crippen LogP contribution < -0.4 is 0 Å². The molecule has 1 saturated heterocycles. The number of carbonyl (C=O) groups excluding carboxylic acids is 2. The maximum absolute atomic E-state index is 12.2. The summed E-state index contributed by atoms with van der Waals surface area (Å²) in [5.74, 6) is -0.438. The van der Waals surface area contributed by atoms with Gasteiger partial charge < -0.3 is 14.6 Å². The zero-order chi connectivity index (χ0) is 16.0. The summed E-state index contributed by atoms with van der Waals surface area (Å²) < 4.78 is 23.0. The number of ether oxygens (including phenoxy) is 2. The van der Waals surface area contributed by atoms with Crippen LogP contribution in [0.5, 0.6) is 0 Å². The highest BCUT2D eigenvalue weighted by Crippen LogP contribution is 2.26. The highest BCUT2D eigenvalue weighted by atomic mass is 19.1.